The van der Waals surface area contributed by atoms with Gasteiger partial charge < -0.3 is 10.4 Å². The molecule has 2 aromatic rings. The maximum Gasteiger partial charge on any atom is 0.335 e. The van der Waals surface area contributed by atoms with Crippen molar-refractivity contribution >= 4 is 29.2 Å². The van der Waals surface area contributed by atoms with Gasteiger partial charge in [0.25, 0.3) is 5.91 Å². The zero-order valence-electron chi connectivity index (χ0n) is 9.76. The van der Waals surface area contributed by atoms with Gasteiger partial charge in [-0.1, -0.05) is 29.8 Å². The zero-order chi connectivity index (χ0) is 13.8. The maximum atomic E-state index is 11.9. The molecule has 2 rings (SSSR count). The Kier molecular flexibility index (Phi) is 3.82. The molecule has 0 atom stereocenters. The summed E-state index contributed by atoms with van der Waals surface area (Å²) in [5.74, 6) is -1.37. The summed E-state index contributed by atoms with van der Waals surface area (Å²) in [5.41, 5.74) is 0.948. The van der Waals surface area contributed by atoms with E-state index in [0.29, 0.717) is 11.3 Å². The van der Waals surface area contributed by atoms with Crippen LogP contribution < -0.4 is 5.32 Å². The molecule has 4 nitrogen and oxygen atoms in total. The first-order valence-corrected chi connectivity index (χ1v) is 5.85. The predicted octanol–water partition coefficient (Wildman–Crippen LogP) is 3.29. The van der Waals surface area contributed by atoms with E-state index in [2.05, 4.69) is 5.32 Å². The number of benzene rings is 2. The molecule has 5 heteroatoms. The Labute approximate surface area is 114 Å². The fraction of sp³-hybridized carbons (Fsp3) is 0. The molecule has 0 aliphatic heterocycles. The van der Waals surface area contributed by atoms with Crippen LogP contribution in [0.1, 0.15) is 20.7 Å². The maximum absolute atomic E-state index is 11.9. The highest BCUT2D eigenvalue weighted by Crippen LogP contribution is 2.23. The number of carbonyl (C=O) groups is 2. The number of carboxylic acid groups (broad SMARTS) is 1. The van der Waals surface area contributed by atoms with Gasteiger partial charge in [0.1, 0.15) is 0 Å². The Morgan fingerprint density at radius 2 is 1.68 bits per heavy atom. The average Bonchev–Trinajstić information content (AvgIpc) is 2.41. The Morgan fingerprint density at radius 3 is 2.26 bits per heavy atom. The number of halogens is 1. The van der Waals surface area contributed by atoms with Gasteiger partial charge in [-0.15, -0.1) is 0 Å². The third-order valence-electron chi connectivity index (χ3n) is 2.50. The van der Waals surface area contributed by atoms with Gasteiger partial charge in [-0.2, -0.15) is 0 Å². The normalized spacial score (nSPS) is 9.95. The number of anilines is 1. The molecule has 0 bridgehead atoms. The van der Waals surface area contributed by atoms with Gasteiger partial charge in [-0.05, 0) is 30.3 Å². The minimum atomic E-state index is -1.07. The first-order valence-electron chi connectivity index (χ1n) is 5.47. The van der Waals surface area contributed by atoms with Crippen LogP contribution in [0.4, 0.5) is 5.69 Å². The van der Waals surface area contributed by atoms with Gasteiger partial charge in [0, 0.05) is 5.56 Å². The second kappa shape index (κ2) is 5.54. The summed E-state index contributed by atoms with van der Waals surface area (Å²) in [6.45, 7) is 0. The van der Waals surface area contributed by atoms with E-state index in [1.54, 1.807) is 24.3 Å². The second-order valence-corrected chi connectivity index (χ2v) is 4.23. The third-order valence-corrected chi connectivity index (χ3v) is 2.81. The summed E-state index contributed by atoms with van der Waals surface area (Å²) in [5, 5.41) is 11.6. The molecule has 0 fully saturated rings. The molecular formula is C14H10ClNO3. The van der Waals surface area contributed by atoms with Crippen LogP contribution >= 0.6 is 11.6 Å². The van der Waals surface area contributed by atoms with Gasteiger partial charge >= 0.3 is 5.97 Å². The van der Waals surface area contributed by atoms with Crippen molar-refractivity contribution in [1.29, 1.82) is 0 Å². The van der Waals surface area contributed by atoms with Crippen molar-refractivity contribution in [3.05, 3.63) is 64.7 Å². The summed E-state index contributed by atoms with van der Waals surface area (Å²) < 4.78 is 0. The number of amides is 1. The van der Waals surface area contributed by atoms with Crippen LogP contribution in [0.25, 0.3) is 0 Å². The number of hydrogen-bond donors (Lipinski definition) is 2. The lowest BCUT2D eigenvalue weighted by Crippen LogP contribution is -2.12. The first kappa shape index (κ1) is 13.1. The number of hydrogen-bond acceptors (Lipinski definition) is 2. The molecule has 0 spiro atoms. The minimum Gasteiger partial charge on any atom is -0.478 e. The second-order valence-electron chi connectivity index (χ2n) is 3.82. The Bertz CT molecular complexity index is 626. The molecule has 0 aromatic heterocycles. The van der Waals surface area contributed by atoms with Crippen molar-refractivity contribution in [2.75, 3.05) is 5.32 Å². The zero-order valence-corrected chi connectivity index (χ0v) is 10.5. The van der Waals surface area contributed by atoms with E-state index >= 15 is 0 Å². The van der Waals surface area contributed by atoms with Gasteiger partial charge in [-0.25, -0.2) is 4.79 Å². The van der Waals surface area contributed by atoms with Gasteiger partial charge in [0.05, 0.1) is 16.3 Å². The van der Waals surface area contributed by atoms with E-state index in [4.69, 9.17) is 16.7 Å². The monoisotopic (exact) mass is 275 g/mol. The van der Waals surface area contributed by atoms with E-state index in [0.717, 1.165) is 0 Å². The molecule has 0 heterocycles. The third kappa shape index (κ3) is 3.11. The molecule has 0 aliphatic rings. The number of carbonyl (C=O) groups excluding carboxylic acids is 1. The quantitative estimate of drug-likeness (QED) is 0.903. The summed E-state index contributed by atoms with van der Waals surface area (Å²) in [7, 11) is 0. The summed E-state index contributed by atoms with van der Waals surface area (Å²) >= 11 is 5.93. The highest BCUT2D eigenvalue weighted by atomic mass is 35.5. The molecule has 2 aromatic carbocycles. The van der Waals surface area contributed by atoms with Gasteiger partial charge in [-0.3, -0.25) is 4.79 Å². The molecule has 0 unspecified atom stereocenters. The van der Waals surface area contributed by atoms with E-state index in [9.17, 15) is 9.59 Å². The molecule has 96 valence electrons. The molecule has 0 saturated carbocycles. The lowest BCUT2D eigenvalue weighted by Gasteiger charge is -2.07. The SMILES string of the molecule is O=C(O)c1ccc(NC(=O)c2ccccc2)c(Cl)c1. The lowest BCUT2D eigenvalue weighted by atomic mass is 10.2. The van der Waals surface area contributed by atoms with Crippen LogP contribution in [0.5, 0.6) is 0 Å². The predicted molar refractivity (Wildman–Crippen MR) is 72.8 cm³/mol. The topological polar surface area (TPSA) is 66.4 Å². The van der Waals surface area contributed by atoms with Crippen molar-refractivity contribution < 1.29 is 14.7 Å². The minimum absolute atomic E-state index is 0.0720. The Morgan fingerprint density at radius 1 is 1.00 bits per heavy atom. The fourth-order valence-electron chi connectivity index (χ4n) is 1.53. The van der Waals surface area contributed by atoms with E-state index < -0.39 is 5.97 Å². The summed E-state index contributed by atoms with van der Waals surface area (Å²) in [6, 6.07) is 12.8. The smallest absolute Gasteiger partial charge is 0.335 e. The van der Waals surface area contributed by atoms with Crippen molar-refractivity contribution in [2.24, 2.45) is 0 Å². The van der Waals surface area contributed by atoms with E-state index in [1.165, 1.54) is 18.2 Å². The number of nitrogens with one attached hydrogen (secondary N) is 1. The Hall–Kier alpha value is -2.33. The number of aromatic carboxylic acids is 1. The van der Waals surface area contributed by atoms with Gasteiger partial charge in [0.15, 0.2) is 0 Å². The van der Waals surface area contributed by atoms with Crippen LogP contribution in [0.2, 0.25) is 5.02 Å². The molecular weight excluding hydrogens is 266 g/mol. The molecule has 2 N–H and O–H groups in total. The first-order chi connectivity index (χ1) is 9.08. The Balaban J connectivity index is 2.20. The van der Waals surface area contributed by atoms with Crippen LogP contribution in [0, 0.1) is 0 Å². The molecule has 1 amide bonds. The molecule has 19 heavy (non-hydrogen) atoms. The molecule has 0 radical (unpaired) electrons. The summed E-state index contributed by atoms with van der Waals surface area (Å²) in [6.07, 6.45) is 0. The largest absolute Gasteiger partial charge is 0.478 e. The van der Waals surface area contributed by atoms with Gasteiger partial charge in [0.2, 0.25) is 0 Å². The van der Waals surface area contributed by atoms with Crippen LogP contribution in [0.15, 0.2) is 48.5 Å². The van der Waals surface area contributed by atoms with Crippen LogP contribution in [0.3, 0.4) is 0 Å². The summed E-state index contributed by atoms with van der Waals surface area (Å²) in [4.78, 5) is 22.7. The van der Waals surface area contributed by atoms with Crippen molar-refractivity contribution in [1.82, 2.24) is 0 Å². The van der Waals surface area contributed by atoms with Crippen LogP contribution in [-0.4, -0.2) is 17.0 Å². The van der Waals surface area contributed by atoms with E-state index in [1.807, 2.05) is 6.07 Å². The van der Waals surface area contributed by atoms with Crippen molar-refractivity contribution in [3.8, 4) is 0 Å². The molecule has 0 aliphatic carbocycles. The highest BCUT2D eigenvalue weighted by molar-refractivity contribution is 6.34. The average molecular weight is 276 g/mol. The highest BCUT2D eigenvalue weighted by Gasteiger charge is 2.10. The van der Waals surface area contributed by atoms with Crippen molar-refractivity contribution in [2.45, 2.75) is 0 Å². The fourth-order valence-corrected chi connectivity index (χ4v) is 1.76. The number of carboxylic acids is 1. The lowest BCUT2D eigenvalue weighted by molar-refractivity contribution is 0.0696. The van der Waals surface area contributed by atoms with Crippen molar-refractivity contribution in [3.63, 3.8) is 0 Å². The molecule has 0 saturated heterocycles. The number of rotatable bonds is 3. The van der Waals surface area contributed by atoms with Crippen LogP contribution in [-0.2, 0) is 0 Å². The standard InChI is InChI=1S/C14H10ClNO3/c15-11-8-10(14(18)19)6-7-12(11)16-13(17)9-4-2-1-3-5-9/h1-8H,(H,16,17)(H,18,19). The van der Waals surface area contributed by atoms with E-state index in [-0.39, 0.29) is 16.5 Å².